The summed E-state index contributed by atoms with van der Waals surface area (Å²) in [4.78, 5) is 27.8. The molecule has 10 heteroatoms. The van der Waals surface area contributed by atoms with Gasteiger partial charge in [-0.05, 0) is 42.2 Å². The zero-order valence-electron chi connectivity index (χ0n) is 23.9. The summed E-state index contributed by atoms with van der Waals surface area (Å²) < 4.78 is 27.8. The molecule has 3 aliphatic heterocycles. The molecular weight excluding hydrogens is 555 g/mol. The molecule has 0 saturated carbocycles. The number of morpholine rings is 1. The number of hydrogen-bond acceptors (Lipinski definition) is 7. The van der Waals surface area contributed by atoms with E-state index < -0.39 is 64.9 Å². The summed E-state index contributed by atoms with van der Waals surface area (Å²) in [5.74, 6) is -2.62. The molecule has 1 amide bonds. The summed E-state index contributed by atoms with van der Waals surface area (Å²) >= 11 is 0. The maximum Gasteiger partial charge on any atom is 0.305 e. The largest absolute Gasteiger partial charge is 0.481 e. The smallest absolute Gasteiger partial charge is 0.305 e. The van der Waals surface area contributed by atoms with Crippen molar-refractivity contribution < 1.29 is 38.8 Å². The molecule has 0 spiro atoms. The summed E-state index contributed by atoms with van der Waals surface area (Å²) in [5, 5.41) is 35.9. The van der Waals surface area contributed by atoms with Crippen molar-refractivity contribution in [3.63, 3.8) is 0 Å². The van der Waals surface area contributed by atoms with Gasteiger partial charge in [-0.15, -0.1) is 0 Å². The first-order valence-corrected chi connectivity index (χ1v) is 14.5. The second kappa shape index (κ2) is 10.5. The van der Waals surface area contributed by atoms with E-state index in [1.807, 2.05) is 26.0 Å². The van der Waals surface area contributed by atoms with Crippen LogP contribution in [0.2, 0.25) is 0 Å². The molecule has 0 bridgehead atoms. The molecule has 9 nitrogen and oxygen atoms in total. The second-order valence-electron chi connectivity index (χ2n) is 11.8. The molecule has 3 aromatic carbocycles. The first-order valence-electron chi connectivity index (χ1n) is 14.5. The second-order valence-corrected chi connectivity index (χ2v) is 11.8. The van der Waals surface area contributed by atoms with Crippen LogP contribution in [0.15, 0.2) is 84.9 Å². The summed E-state index contributed by atoms with van der Waals surface area (Å²) in [6.45, 7) is 3.96. The molecule has 3 fully saturated rings. The van der Waals surface area contributed by atoms with Gasteiger partial charge in [-0.1, -0.05) is 74.5 Å². The fraction of sp³-hybridized carbons (Fsp3) is 0.394. The van der Waals surface area contributed by atoms with Crippen LogP contribution in [0.4, 0.5) is 10.1 Å². The third-order valence-electron chi connectivity index (χ3n) is 9.07. The molecule has 6 atom stereocenters. The normalized spacial score (nSPS) is 32.1. The van der Waals surface area contributed by atoms with E-state index in [9.17, 15) is 29.3 Å². The Balaban J connectivity index is 1.57. The number of benzene rings is 3. The van der Waals surface area contributed by atoms with E-state index >= 15 is 0 Å². The standard InChI is InChI=1S/C33H35FN2O7/c1-21(2)33-31(29(40)35-25-11-7-4-8-12-25)30(43-31,22-9-5-3-6-10-22)32(41,23-13-15-24(34)16-14-23)36(33)18-17-27(42-33)19-26(37)20-28(38)39/h3-16,21,26-27,37,41H,17-20H2,1-2H3,(H,35,40)(H,38,39)/t26-,27+,30?,31?,32?,33+/m1/s1. The number of epoxide rings is 1. The maximum atomic E-state index is 14.7. The maximum absolute atomic E-state index is 14.7. The van der Waals surface area contributed by atoms with Crippen LogP contribution in [-0.4, -0.2) is 62.2 Å². The lowest BCUT2D eigenvalue weighted by Gasteiger charge is -2.55. The monoisotopic (exact) mass is 590 g/mol. The molecule has 0 radical (unpaired) electrons. The highest BCUT2D eigenvalue weighted by Gasteiger charge is 2.99. The Labute approximate surface area is 248 Å². The van der Waals surface area contributed by atoms with Gasteiger partial charge in [0.25, 0.3) is 5.91 Å². The first-order chi connectivity index (χ1) is 20.5. The number of nitrogens with one attached hydrogen (secondary N) is 1. The van der Waals surface area contributed by atoms with Gasteiger partial charge in [0.1, 0.15) is 5.82 Å². The summed E-state index contributed by atoms with van der Waals surface area (Å²) in [6.07, 6.45) is -1.94. The zero-order valence-corrected chi connectivity index (χ0v) is 23.9. The van der Waals surface area contributed by atoms with Gasteiger partial charge in [0.05, 0.1) is 18.6 Å². The number of ether oxygens (including phenoxy) is 2. The highest BCUT2D eigenvalue weighted by atomic mass is 19.1. The van der Waals surface area contributed by atoms with Crippen molar-refractivity contribution in [2.75, 3.05) is 11.9 Å². The molecular formula is C33H35FN2O7. The number of amides is 1. The number of para-hydroxylation sites is 1. The highest BCUT2D eigenvalue weighted by molar-refractivity contribution is 6.03. The van der Waals surface area contributed by atoms with Crippen molar-refractivity contribution in [1.29, 1.82) is 0 Å². The van der Waals surface area contributed by atoms with E-state index in [1.165, 1.54) is 24.3 Å². The number of anilines is 1. The molecule has 3 saturated heterocycles. The van der Waals surface area contributed by atoms with Crippen LogP contribution in [0.3, 0.4) is 0 Å². The number of carboxylic acid groups (broad SMARTS) is 1. The molecule has 3 unspecified atom stereocenters. The number of aliphatic hydroxyl groups is 2. The SMILES string of the molecule is CC(C)[C@@]12O[C@H](C[C@@H](O)CC(=O)O)CCN1C(O)(c1ccc(F)cc1)C1(c3ccccc3)OC12C(=O)Nc1ccccc1. The first kappa shape index (κ1) is 29.4. The topological polar surface area (TPSA) is 132 Å². The molecule has 226 valence electrons. The Kier molecular flexibility index (Phi) is 7.18. The van der Waals surface area contributed by atoms with Crippen LogP contribution < -0.4 is 5.32 Å². The van der Waals surface area contributed by atoms with E-state index in [2.05, 4.69) is 5.32 Å². The zero-order chi connectivity index (χ0) is 30.6. The number of hydrogen-bond donors (Lipinski definition) is 4. The van der Waals surface area contributed by atoms with E-state index in [0.717, 1.165) is 0 Å². The van der Waals surface area contributed by atoms with Crippen molar-refractivity contribution in [3.05, 3.63) is 102 Å². The van der Waals surface area contributed by atoms with Gasteiger partial charge in [0, 0.05) is 24.2 Å². The number of carbonyl (C=O) groups excluding carboxylic acids is 1. The van der Waals surface area contributed by atoms with E-state index in [1.54, 1.807) is 53.4 Å². The molecule has 3 aromatic rings. The number of rotatable bonds is 9. The van der Waals surface area contributed by atoms with Crippen molar-refractivity contribution >= 4 is 17.6 Å². The van der Waals surface area contributed by atoms with Gasteiger partial charge in [0.2, 0.25) is 5.60 Å². The lowest BCUT2D eigenvalue weighted by atomic mass is 9.73. The van der Waals surface area contributed by atoms with Crippen molar-refractivity contribution in [2.45, 2.75) is 68.0 Å². The molecule has 3 aliphatic rings. The molecule has 3 heterocycles. The Hall–Kier alpha value is -3.67. The number of carbonyl (C=O) groups is 2. The number of aliphatic carboxylic acids is 1. The molecule has 43 heavy (non-hydrogen) atoms. The third kappa shape index (κ3) is 4.08. The van der Waals surface area contributed by atoms with E-state index in [0.29, 0.717) is 23.2 Å². The van der Waals surface area contributed by atoms with Crippen LogP contribution in [0.5, 0.6) is 0 Å². The Morgan fingerprint density at radius 1 is 1.00 bits per heavy atom. The molecule has 0 aromatic heterocycles. The minimum absolute atomic E-state index is 0.0122. The van der Waals surface area contributed by atoms with Crippen molar-refractivity contribution in [2.24, 2.45) is 5.92 Å². The number of fused-ring (bicyclic) bond motifs is 3. The third-order valence-corrected chi connectivity index (χ3v) is 9.07. The van der Waals surface area contributed by atoms with Gasteiger partial charge in [-0.25, -0.2) is 9.29 Å². The lowest BCUT2D eigenvalue weighted by molar-refractivity contribution is -0.327. The van der Waals surface area contributed by atoms with Gasteiger partial charge >= 0.3 is 5.97 Å². The average Bonchev–Trinajstić information content (AvgIpc) is 3.67. The van der Waals surface area contributed by atoms with Crippen LogP contribution in [0.1, 0.15) is 44.2 Å². The van der Waals surface area contributed by atoms with Crippen LogP contribution in [0, 0.1) is 11.7 Å². The lowest BCUT2D eigenvalue weighted by Crippen LogP contribution is -2.70. The summed E-state index contributed by atoms with van der Waals surface area (Å²) in [7, 11) is 0. The summed E-state index contributed by atoms with van der Waals surface area (Å²) in [6, 6.07) is 23.4. The van der Waals surface area contributed by atoms with Crippen molar-refractivity contribution in [3.8, 4) is 0 Å². The van der Waals surface area contributed by atoms with Crippen LogP contribution in [-0.2, 0) is 30.4 Å². The van der Waals surface area contributed by atoms with E-state index in [-0.39, 0.29) is 13.0 Å². The minimum Gasteiger partial charge on any atom is -0.481 e. The van der Waals surface area contributed by atoms with Gasteiger partial charge in [0.15, 0.2) is 17.1 Å². The molecule has 0 aliphatic carbocycles. The number of aliphatic hydroxyl groups excluding tert-OH is 1. The fourth-order valence-electron chi connectivity index (χ4n) is 7.42. The van der Waals surface area contributed by atoms with Crippen molar-refractivity contribution in [1.82, 2.24) is 4.90 Å². The Morgan fingerprint density at radius 2 is 1.63 bits per heavy atom. The average molecular weight is 591 g/mol. The predicted octanol–water partition coefficient (Wildman–Crippen LogP) is 3.96. The van der Waals surface area contributed by atoms with E-state index in [4.69, 9.17) is 9.47 Å². The quantitative estimate of drug-likeness (QED) is 0.276. The predicted molar refractivity (Wildman–Crippen MR) is 154 cm³/mol. The summed E-state index contributed by atoms with van der Waals surface area (Å²) in [5.41, 5.74) is -5.71. The highest BCUT2D eigenvalue weighted by Crippen LogP contribution is 2.79. The van der Waals surface area contributed by atoms with Gasteiger partial charge in [-0.3, -0.25) is 9.59 Å². The van der Waals surface area contributed by atoms with Crippen LogP contribution >= 0.6 is 0 Å². The Bertz CT molecular complexity index is 1510. The van der Waals surface area contributed by atoms with Crippen LogP contribution in [0.25, 0.3) is 0 Å². The fourth-order valence-corrected chi connectivity index (χ4v) is 7.42. The number of halogens is 1. The van der Waals surface area contributed by atoms with Gasteiger partial charge in [-0.2, -0.15) is 0 Å². The number of nitrogens with zero attached hydrogens (tertiary/aromatic N) is 1. The molecule has 6 rings (SSSR count). The Morgan fingerprint density at radius 3 is 2.23 bits per heavy atom. The van der Waals surface area contributed by atoms with Gasteiger partial charge < -0.3 is 30.1 Å². The molecule has 4 N–H and O–H groups in total. The minimum atomic E-state index is -2.00. The number of carboxylic acids is 1.